The van der Waals surface area contributed by atoms with E-state index in [0.29, 0.717) is 5.56 Å². The summed E-state index contributed by atoms with van der Waals surface area (Å²) in [4.78, 5) is 0. The number of aliphatic hydroxyl groups is 2. The normalized spacial score (nSPS) is 9.86. The third-order valence-corrected chi connectivity index (χ3v) is 1.80. The zero-order valence-electron chi connectivity index (χ0n) is 7.64. The highest BCUT2D eigenvalue weighted by atomic mass is 16.3. The Bertz CT molecular complexity index is 329. The highest BCUT2D eigenvalue weighted by Crippen LogP contribution is 2.10. The van der Waals surface area contributed by atoms with E-state index in [0.717, 1.165) is 5.69 Å². The molecule has 0 aliphatic carbocycles. The van der Waals surface area contributed by atoms with Crippen molar-refractivity contribution in [1.82, 2.24) is 0 Å². The second-order valence-corrected chi connectivity index (χ2v) is 2.90. The van der Waals surface area contributed by atoms with Crippen molar-refractivity contribution < 1.29 is 10.2 Å². The third kappa shape index (κ3) is 2.73. The molecule has 0 bridgehead atoms. The molecule has 1 aromatic carbocycles. The van der Waals surface area contributed by atoms with Gasteiger partial charge in [0.1, 0.15) is 0 Å². The molecular weight excluding hydrogens is 180 g/mol. The largest absolute Gasteiger partial charge is 0.394 e. The minimum atomic E-state index is -0.385. The molecule has 3 N–H and O–H groups in total. The van der Waals surface area contributed by atoms with Gasteiger partial charge in [0.25, 0.3) is 0 Å². The Labute approximate surface area is 82.4 Å². The van der Waals surface area contributed by atoms with E-state index in [9.17, 15) is 0 Å². The monoisotopic (exact) mass is 192 g/mol. The summed E-state index contributed by atoms with van der Waals surface area (Å²) in [7, 11) is 0. The van der Waals surface area contributed by atoms with Crippen LogP contribution in [0.25, 0.3) is 0 Å². The number of hydrogen-bond acceptors (Lipinski definition) is 4. The van der Waals surface area contributed by atoms with E-state index >= 15 is 0 Å². The van der Waals surface area contributed by atoms with Gasteiger partial charge in [-0.05, 0) is 18.2 Å². The fourth-order valence-corrected chi connectivity index (χ4v) is 1.06. The number of rotatable bonds is 4. The van der Waals surface area contributed by atoms with Crippen molar-refractivity contribution >= 4 is 5.69 Å². The predicted octanol–water partition coefficient (Wildman–Crippen LogP) is 0.323. The first-order valence-corrected chi connectivity index (χ1v) is 4.28. The van der Waals surface area contributed by atoms with Crippen LogP contribution in [0.1, 0.15) is 5.56 Å². The van der Waals surface area contributed by atoms with Crippen LogP contribution in [0.4, 0.5) is 5.69 Å². The molecule has 74 valence electrons. The summed E-state index contributed by atoms with van der Waals surface area (Å²) in [6.07, 6.45) is 0. The molecule has 0 amide bonds. The van der Waals surface area contributed by atoms with Crippen molar-refractivity contribution in [2.45, 2.75) is 6.04 Å². The zero-order valence-corrected chi connectivity index (χ0v) is 7.64. The average molecular weight is 192 g/mol. The van der Waals surface area contributed by atoms with Crippen LogP contribution in [0, 0.1) is 11.3 Å². The maximum atomic E-state index is 8.83. The Morgan fingerprint density at radius 2 is 2.07 bits per heavy atom. The minimum absolute atomic E-state index is 0.146. The molecule has 0 saturated carbocycles. The number of hydrogen-bond donors (Lipinski definition) is 3. The number of aliphatic hydroxyl groups excluding tert-OH is 2. The molecule has 0 spiro atoms. The SMILES string of the molecule is N#Cc1cccc(NC(CO)CO)c1. The van der Waals surface area contributed by atoms with Crippen molar-refractivity contribution in [3.05, 3.63) is 29.8 Å². The first-order chi connectivity index (χ1) is 6.80. The first kappa shape index (κ1) is 10.5. The number of nitrogens with one attached hydrogen (secondary N) is 1. The summed E-state index contributed by atoms with van der Waals surface area (Å²) in [5.74, 6) is 0. The molecule has 0 aliphatic heterocycles. The van der Waals surface area contributed by atoms with E-state index in [4.69, 9.17) is 15.5 Å². The van der Waals surface area contributed by atoms with Crippen LogP contribution < -0.4 is 5.32 Å². The molecule has 0 aliphatic rings. The highest BCUT2D eigenvalue weighted by molar-refractivity contribution is 5.49. The molecule has 0 radical (unpaired) electrons. The molecule has 0 unspecified atom stereocenters. The Morgan fingerprint density at radius 3 is 2.64 bits per heavy atom. The van der Waals surface area contributed by atoms with Gasteiger partial charge in [0.05, 0.1) is 30.9 Å². The summed E-state index contributed by atoms with van der Waals surface area (Å²) in [5, 5.41) is 29.2. The van der Waals surface area contributed by atoms with Gasteiger partial charge in [0.15, 0.2) is 0 Å². The topological polar surface area (TPSA) is 76.3 Å². The lowest BCUT2D eigenvalue weighted by atomic mass is 10.2. The Balaban J connectivity index is 2.72. The molecule has 1 rings (SSSR count). The Hall–Kier alpha value is -1.57. The van der Waals surface area contributed by atoms with Gasteiger partial charge in [0, 0.05) is 5.69 Å². The predicted molar refractivity (Wildman–Crippen MR) is 52.7 cm³/mol. The summed E-state index contributed by atoms with van der Waals surface area (Å²) in [5.41, 5.74) is 1.27. The van der Waals surface area contributed by atoms with Gasteiger partial charge in [-0.25, -0.2) is 0 Å². The van der Waals surface area contributed by atoms with Crippen molar-refractivity contribution in [3.8, 4) is 6.07 Å². The van der Waals surface area contributed by atoms with Crippen LogP contribution in [-0.2, 0) is 0 Å². The summed E-state index contributed by atoms with van der Waals surface area (Å²) < 4.78 is 0. The van der Waals surface area contributed by atoms with Crippen LogP contribution in [-0.4, -0.2) is 29.5 Å². The second kappa shape index (κ2) is 5.22. The molecule has 1 aromatic rings. The van der Waals surface area contributed by atoms with Crippen molar-refractivity contribution in [3.63, 3.8) is 0 Å². The molecule has 0 atom stereocenters. The fraction of sp³-hybridized carbons (Fsp3) is 0.300. The van der Waals surface area contributed by atoms with Gasteiger partial charge < -0.3 is 15.5 Å². The fourth-order valence-electron chi connectivity index (χ4n) is 1.06. The van der Waals surface area contributed by atoms with Gasteiger partial charge in [-0.1, -0.05) is 6.07 Å². The molecule has 0 aromatic heterocycles. The van der Waals surface area contributed by atoms with Crippen LogP contribution >= 0.6 is 0 Å². The summed E-state index contributed by atoms with van der Waals surface area (Å²) in [6, 6.07) is 8.50. The molecule has 4 heteroatoms. The highest BCUT2D eigenvalue weighted by Gasteiger charge is 2.04. The van der Waals surface area contributed by atoms with Crippen LogP contribution in [0.2, 0.25) is 0 Å². The Morgan fingerprint density at radius 1 is 1.36 bits per heavy atom. The van der Waals surface area contributed by atoms with E-state index < -0.39 is 0 Å². The van der Waals surface area contributed by atoms with E-state index in [-0.39, 0.29) is 19.3 Å². The lowest BCUT2D eigenvalue weighted by Crippen LogP contribution is -2.27. The smallest absolute Gasteiger partial charge is 0.0992 e. The van der Waals surface area contributed by atoms with E-state index in [1.54, 1.807) is 24.3 Å². The second-order valence-electron chi connectivity index (χ2n) is 2.90. The molecule has 0 saturated heterocycles. The quantitative estimate of drug-likeness (QED) is 0.642. The lowest BCUT2D eigenvalue weighted by Gasteiger charge is -2.14. The van der Waals surface area contributed by atoms with E-state index in [1.807, 2.05) is 6.07 Å². The number of nitriles is 1. The van der Waals surface area contributed by atoms with Gasteiger partial charge in [0.2, 0.25) is 0 Å². The van der Waals surface area contributed by atoms with Gasteiger partial charge in [-0.2, -0.15) is 5.26 Å². The van der Waals surface area contributed by atoms with Crippen LogP contribution in [0.5, 0.6) is 0 Å². The van der Waals surface area contributed by atoms with Crippen molar-refractivity contribution in [2.75, 3.05) is 18.5 Å². The van der Waals surface area contributed by atoms with Gasteiger partial charge >= 0.3 is 0 Å². The lowest BCUT2D eigenvalue weighted by molar-refractivity contribution is 0.204. The molecular formula is C10H12N2O2. The molecule has 14 heavy (non-hydrogen) atoms. The van der Waals surface area contributed by atoms with Gasteiger partial charge in [-0.15, -0.1) is 0 Å². The summed E-state index contributed by atoms with van der Waals surface area (Å²) in [6.45, 7) is -0.291. The molecule has 0 heterocycles. The number of nitrogens with zero attached hydrogens (tertiary/aromatic N) is 1. The maximum absolute atomic E-state index is 8.83. The Kier molecular flexibility index (Phi) is 3.92. The van der Waals surface area contributed by atoms with Crippen molar-refractivity contribution in [1.29, 1.82) is 5.26 Å². The number of anilines is 1. The standard InChI is InChI=1S/C10H12N2O2/c11-5-8-2-1-3-9(4-8)12-10(6-13)7-14/h1-4,10,12-14H,6-7H2. The zero-order chi connectivity index (χ0) is 10.4. The minimum Gasteiger partial charge on any atom is -0.394 e. The molecule has 0 fully saturated rings. The number of benzene rings is 1. The van der Waals surface area contributed by atoms with Gasteiger partial charge in [-0.3, -0.25) is 0 Å². The third-order valence-electron chi connectivity index (χ3n) is 1.80. The van der Waals surface area contributed by atoms with Crippen LogP contribution in [0.3, 0.4) is 0 Å². The molecule has 4 nitrogen and oxygen atoms in total. The average Bonchev–Trinajstić information content (AvgIpc) is 2.26. The van der Waals surface area contributed by atoms with E-state index in [2.05, 4.69) is 5.32 Å². The van der Waals surface area contributed by atoms with E-state index in [1.165, 1.54) is 0 Å². The first-order valence-electron chi connectivity index (χ1n) is 4.28. The van der Waals surface area contributed by atoms with Crippen LogP contribution in [0.15, 0.2) is 24.3 Å². The maximum Gasteiger partial charge on any atom is 0.0992 e. The summed E-state index contributed by atoms with van der Waals surface area (Å²) >= 11 is 0. The van der Waals surface area contributed by atoms with Crippen molar-refractivity contribution in [2.24, 2.45) is 0 Å².